The lowest BCUT2D eigenvalue weighted by Gasteiger charge is -2.24. The molecule has 1 aliphatic rings. The molecule has 1 amide bonds. The van der Waals surface area contributed by atoms with E-state index in [1.807, 2.05) is 4.90 Å². The number of carboxylic acid groups (broad SMARTS) is 1. The number of aromatic nitrogens is 1. The molecule has 0 aliphatic carbocycles. The first-order valence-corrected chi connectivity index (χ1v) is 6.63. The topological polar surface area (TPSA) is 70.5 Å². The highest BCUT2D eigenvalue weighted by Gasteiger charge is 2.29. The lowest BCUT2D eigenvalue weighted by Crippen LogP contribution is -2.36. The predicted octanol–water partition coefficient (Wildman–Crippen LogP) is 2.18. The van der Waals surface area contributed by atoms with Gasteiger partial charge in [0, 0.05) is 18.8 Å². The molecule has 5 heteroatoms. The first-order valence-electron chi connectivity index (χ1n) is 6.63. The quantitative estimate of drug-likeness (QED) is 0.902. The normalized spacial score (nSPS) is 18.6. The molecule has 1 N–H and O–H groups in total. The third-order valence-corrected chi connectivity index (χ3v) is 3.49. The van der Waals surface area contributed by atoms with Gasteiger partial charge >= 0.3 is 5.97 Å². The highest BCUT2D eigenvalue weighted by Crippen LogP contribution is 2.23. The van der Waals surface area contributed by atoms with Crippen LogP contribution in [0.2, 0.25) is 0 Å². The molecule has 19 heavy (non-hydrogen) atoms. The molecule has 1 atom stereocenters. The predicted molar refractivity (Wildman–Crippen MR) is 70.2 cm³/mol. The Hall–Kier alpha value is -1.91. The van der Waals surface area contributed by atoms with E-state index >= 15 is 0 Å². The fourth-order valence-electron chi connectivity index (χ4n) is 2.56. The molecule has 1 aromatic heterocycles. The van der Waals surface area contributed by atoms with Gasteiger partial charge in [-0.15, -0.1) is 0 Å². The number of amides is 1. The first kappa shape index (κ1) is 13.5. The van der Waals surface area contributed by atoms with Gasteiger partial charge in [-0.1, -0.05) is 13.3 Å². The Bertz CT molecular complexity index is 487. The van der Waals surface area contributed by atoms with Crippen LogP contribution in [0.15, 0.2) is 18.3 Å². The van der Waals surface area contributed by atoms with Crippen LogP contribution in [0.4, 0.5) is 0 Å². The summed E-state index contributed by atoms with van der Waals surface area (Å²) < 4.78 is 0. The molecule has 5 nitrogen and oxygen atoms in total. The molecule has 0 unspecified atom stereocenters. The van der Waals surface area contributed by atoms with Crippen LogP contribution in [0, 0.1) is 0 Å². The summed E-state index contributed by atoms with van der Waals surface area (Å²) in [5, 5.41) is 8.94. The summed E-state index contributed by atoms with van der Waals surface area (Å²) >= 11 is 0. The van der Waals surface area contributed by atoms with E-state index in [0.29, 0.717) is 0 Å². The molecule has 1 aliphatic heterocycles. The molecular formula is C14H18N2O3. The van der Waals surface area contributed by atoms with Gasteiger partial charge in [0.15, 0.2) is 0 Å². The number of rotatable bonds is 4. The maximum absolute atomic E-state index is 12.4. The first-order chi connectivity index (χ1) is 9.13. The van der Waals surface area contributed by atoms with Crippen molar-refractivity contribution < 1.29 is 14.7 Å². The number of aromatic carboxylic acids is 1. The molecule has 2 rings (SSSR count). The minimum absolute atomic E-state index is 0.101. The number of hydrogen-bond donors (Lipinski definition) is 1. The number of hydrogen-bond acceptors (Lipinski definition) is 3. The van der Waals surface area contributed by atoms with Gasteiger partial charge in [0.05, 0.1) is 5.56 Å². The molecule has 0 bridgehead atoms. The molecule has 102 valence electrons. The van der Waals surface area contributed by atoms with E-state index in [9.17, 15) is 9.59 Å². The van der Waals surface area contributed by atoms with Gasteiger partial charge in [-0.3, -0.25) is 9.78 Å². The molecule has 0 radical (unpaired) electrons. The number of carbonyl (C=O) groups excluding carboxylic acids is 1. The fourth-order valence-corrected chi connectivity index (χ4v) is 2.56. The number of likely N-dealkylation sites (tertiary alicyclic amines) is 1. The maximum Gasteiger partial charge on any atom is 0.335 e. The lowest BCUT2D eigenvalue weighted by molar-refractivity contribution is 0.0696. The second-order valence-electron chi connectivity index (χ2n) is 4.82. The van der Waals surface area contributed by atoms with Crippen molar-refractivity contribution in [2.24, 2.45) is 0 Å². The van der Waals surface area contributed by atoms with Crippen LogP contribution in [0.25, 0.3) is 0 Å². The summed E-state index contributed by atoms with van der Waals surface area (Å²) in [6.07, 6.45) is 5.44. The SMILES string of the molecule is CCC[C@H]1CCCN1C(=O)c1cc(C(=O)O)ccn1. The molecule has 0 aromatic carbocycles. The van der Waals surface area contributed by atoms with Crippen molar-refractivity contribution in [3.8, 4) is 0 Å². The van der Waals surface area contributed by atoms with E-state index in [4.69, 9.17) is 5.11 Å². The van der Waals surface area contributed by atoms with Gasteiger partial charge in [0.1, 0.15) is 5.69 Å². The van der Waals surface area contributed by atoms with E-state index in [0.717, 1.165) is 32.2 Å². The van der Waals surface area contributed by atoms with E-state index in [1.165, 1.54) is 18.3 Å². The van der Waals surface area contributed by atoms with Crippen LogP contribution in [-0.2, 0) is 0 Å². The van der Waals surface area contributed by atoms with Crippen molar-refractivity contribution in [3.05, 3.63) is 29.6 Å². The van der Waals surface area contributed by atoms with Crippen LogP contribution < -0.4 is 0 Å². The zero-order chi connectivity index (χ0) is 13.8. The second kappa shape index (κ2) is 5.82. The number of carbonyl (C=O) groups is 2. The van der Waals surface area contributed by atoms with Crippen molar-refractivity contribution in [1.82, 2.24) is 9.88 Å². The Morgan fingerprint density at radius 3 is 3.00 bits per heavy atom. The highest BCUT2D eigenvalue weighted by atomic mass is 16.4. The van der Waals surface area contributed by atoms with Gasteiger partial charge < -0.3 is 10.0 Å². The van der Waals surface area contributed by atoms with Crippen LogP contribution in [0.3, 0.4) is 0 Å². The summed E-state index contributed by atoms with van der Waals surface area (Å²) in [6, 6.07) is 3.02. The minimum Gasteiger partial charge on any atom is -0.478 e. The Morgan fingerprint density at radius 1 is 1.53 bits per heavy atom. The molecular weight excluding hydrogens is 244 g/mol. The van der Waals surface area contributed by atoms with Gasteiger partial charge in [-0.05, 0) is 31.4 Å². The van der Waals surface area contributed by atoms with Gasteiger partial charge in [0.25, 0.3) is 5.91 Å². The molecule has 1 aromatic rings. The zero-order valence-electron chi connectivity index (χ0n) is 11.0. The van der Waals surface area contributed by atoms with E-state index < -0.39 is 5.97 Å². The lowest BCUT2D eigenvalue weighted by atomic mass is 10.1. The van der Waals surface area contributed by atoms with Crippen LogP contribution >= 0.6 is 0 Å². The van der Waals surface area contributed by atoms with Crippen molar-refractivity contribution in [2.45, 2.75) is 38.6 Å². The molecule has 1 fully saturated rings. The van der Waals surface area contributed by atoms with Gasteiger partial charge in [-0.25, -0.2) is 4.79 Å². The van der Waals surface area contributed by atoms with E-state index in [2.05, 4.69) is 11.9 Å². The molecule has 1 saturated heterocycles. The molecule has 2 heterocycles. The van der Waals surface area contributed by atoms with Crippen molar-refractivity contribution >= 4 is 11.9 Å². The third-order valence-electron chi connectivity index (χ3n) is 3.49. The highest BCUT2D eigenvalue weighted by molar-refractivity contribution is 5.96. The monoisotopic (exact) mass is 262 g/mol. The Morgan fingerprint density at radius 2 is 2.32 bits per heavy atom. The standard InChI is InChI=1S/C14H18N2O3/c1-2-4-11-5-3-8-16(11)13(17)12-9-10(14(18)19)6-7-15-12/h6-7,9,11H,2-5,8H2,1H3,(H,18,19)/t11-/m0/s1. The Kier molecular flexibility index (Phi) is 4.14. The summed E-state index contributed by atoms with van der Waals surface area (Å²) in [4.78, 5) is 29.1. The number of nitrogens with zero attached hydrogens (tertiary/aromatic N) is 2. The average molecular weight is 262 g/mol. The van der Waals surface area contributed by atoms with Gasteiger partial charge in [-0.2, -0.15) is 0 Å². The third kappa shape index (κ3) is 2.92. The van der Waals surface area contributed by atoms with E-state index in [-0.39, 0.29) is 23.2 Å². The minimum atomic E-state index is -1.04. The summed E-state index contributed by atoms with van der Waals surface area (Å²) in [5.74, 6) is -1.19. The van der Waals surface area contributed by atoms with Crippen molar-refractivity contribution in [1.29, 1.82) is 0 Å². The maximum atomic E-state index is 12.4. The Balaban J connectivity index is 2.19. The van der Waals surface area contributed by atoms with Crippen LogP contribution in [0.1, 0.15) is 53.5 Å². The number of pyridine rings is 1. The Labute approximate surface area is 112 Å². The fraction of sp³-hybridized carbons (Fsp3) is 0.500. The summed E-state index contributed by atoms with van der Waals surface area (Å²) in [6.45, 7) is 2.84. The average Bonchev–Trinajstić information content (AvgIpc) is 2.86. The van der Waals surface area contributed by atoms with Gasteiger partial charge in [0.2, 0.25) is 0 Å². The van der Waals surface area contributed by atoms with Crippen molar-refractivity contribution in [3.63, 3.8) is 0 Å². The summed E-state index contributed by atoms with van der Waals surface area (Å²) in [7, 11) is 0. The van der Waals surface area contributed by atoms with E-state index in [1.54, 1.807) is 0 Å². The molecule has 0 saturated carbocycles. The van der Waals surface area contributed by atoms with Crippen molar-refractivity contribution in [2.75, 3.05) is 6.54 Å². The smallest absolute Gasteiger partial charge is 0.335 e. The molecule has 0 spiro atoms. The van der Waals surface area contributed by atoms with Crippen LogP contribution in [-0.4, -0.2) is 39.5 Å². The number of carboxylic acids is 1. The second-order valence-corrected chi connectivity index (χ2v) is 4.82. The zero-order valence-corrected chi connectivity index (χ0v) is 11.0. The summed E-state index contributed by atoms with van der Waals surface area (Å²) in [5.41, 5.74) is 0.326. The largest absolute Gasteiger partial charge is 0.478 e. The van der Waals surface area contributed by atoms with Crippen LogP contribution in [0.5, 0.6) is 0 Å².